The van der Waals surface area contributed by atoms with E-state index in [-0.39, 0.29) is 5.56 Å². The van der Waals surface area contributed by atoms with Crippen LogP contribution in [0.25, 0.3) is 0 Å². The van der Waals surface area contributed by atoms with Crippen molar-refractivity contribution >= 4 is 19.0 Å². The zero-order valence-electron chi connectivity index (χ0n) is 7.01. The lowest BCUT2D eigenvalue weighted by atomic mass is 9.98. The maximum atomic E-state index is 11.3. The van der Waals surface area contributed by atoms with E-state index in [9.17, 15) is 4.79 Å². The molecule has 1 aromatic heterocycles. The summed E-state index contributed by atoms with van der Waals surface area (Å²) in [6.45, 7) is 0. The van der Waals surface area contributed by atoms with Crippen molar-refractivity contribution in [1.29, 1.82) is 0 Å². The van der Waals surface area contributed by atoms with E-state index < -0.39 is 0 Å². The molecule has 3 nitrogen and oxygen atoms in total. The third kappa shape index (κ3) is 1.45. The summed E-state index contributed by atoms with van der Waals surface area (Å²) in [5.41, 5.74) is 1.74. The van der Waals surface area contributed by atoms with Crippen molar-refractivity contribution in [3.8, 4) is 0 Å². The maximum absolute atomic E-state index is 11.3. The molecule has 4 heteroatoms. The first-order chi connectivity index (χ1) is 5.15. The lowest BCUT2D eigenvalue weighted by Gasteiger charge is -2.03. The highest BCUT2D eigenvalue weighted by Gasteiger charge is 1.98. The van der Waals surface area contributed by atoms with Gasteiger partial charge in [-0.05, 0) is 6.07 Å². The van der Waals surface area contributed by atoms with Gasteiger partial charge < -0.3 is 9.88 Å². The summed E-state index contributed by atoms with van der Waals surface area (Å²) in [6.07, 6.45) is 1.81. The number of pyridine rings is 1. The van der Waals surface area contributed by atoms with Gasteiger partial charge in [-0.2, -0.15) is 0 Å². The summed E-state index contributed by atoms with van der Waals surface area (Å²) in [5, 5.41) is 2.84. The Kier molecular flexibility index (Phi) is 2.03. The second kappa shape index (κ2) is 2.82. The van der Waals surface area contributed by atoms with Crippen LogP contribution < -0.4 is 16.3 Å². The van der Waals surface area contributed by atoms with Gasteiger partial charge in [0.25, 0.3) is 5.56 Å². The normalized spacial score (nSPS) is 9.64. The molecule has 0 amide bonds. The van der Waals surface area contributed by atoms with Crippen molar-refractivity contribution in [2.75, 3.05) is 12.4 Å². The Morgan fingerprint density at radius 2 is 2.27 bits per heavy atom. The van der Waals surface area contributed by atoms with Gasteiger partial charge in [-0.25, -0.2) is 0 Å². The number of nitrogens with one attached hydrogen (secondary N) is 1. The van der Waals surface area contributed by atoms with E-state index in [1.807, 2.05) is 20.1 Å². The van der Waals surface area contributed by atoms with Crippen LogP contribution in [-0.2, 0) is 7.05 Å². The summed E-state index contributed by atoms with van der Waals surface area (Å²) < 4.78 is 1.57. The molecule has 0 fully saturated rings. The molecule has 0 aromatic carbocycles. The summed E-state index contributed by atoms with van der Waals surface area (Å²) in [5.74, 6) is 0. The minimum Gasteiger partial charge on any atom is -0.384 e. The van der Waals surface area contributed by atoms with E-state index >= 15 is 0 Å². The minimum absolute atomic E-state index is 0.0121. The Labute approximate surface area is 66.5 Å². The standard InChI is InChI=1S/C7H11BN2O/c1-9-6-3-5(8)4-10(2)7(6)11/h3-4,9H,8H2,1-2H3. The highest BCUT2D eigenvalue weighted by molar-refractivity contribution is 6.32. The monoisotopic (exact) mass is 150 g/mol. The minimum atomic E-state index is 0.0121. The molecule has 0 unspecified atom stereocenters. The fourth-order valence-corrected chi connectivity index (χ4v) is 1.06. The molecule has 1 aromatic rings. The predicted octanol–water partition coefficient (Wildman–Crippen LogP) is -1.31. The first kappa shape index (κ1) is 7.92. The number of anilines is 1. The number of aryl methyl sites for hydroxylation is 1. The van der Waals surface area contributed by atoms with Crippen molar-refractivity contribution in [2.45, 2.75) is 0 Å². The molecule has 0 aliphatic rings. The largest absolute Gasteiger partial charge is 0.384 e. The van der Waals surface area contributed by atoms with Gasteiger partial charge in [0.1, 0.15) is 7.85 Å². The molecule has 1 N–H and O–H groups in total. The average molecular weight is 150 g/mol. The van der Waals surface area contributed by atoms with Gasteiger partial charge in [-0.15, -0.1) is 0 Å². The van der Waals surface area contributed by atoms with Crippen molar-refractivity contribution in [3.05, 3.63) is 22.6 Å². The van der Waals surface area contributed by atoms with Crippen LogP contribution in [0.2, 0.25) is 0 Å². The summed E-state index contributed by atoms with van der Waals surface area (Å²) in [4.78, 5) is 11.3. The van der Waals surface area contributed by atoms with Crippen molar-refractivity contribution in [1.82, 2.24) is 4.57 Å². The number of hydrogen-bond donors (Lipinski definition) is 1. The molecule has 58 valence electrons. The Morgan fingerprint density at radius 3 is 2.82 bits per heavy atom. The number of aromatic nitrogens is 1. The number of hydrogen-bond acceptors (Lipinski definition) is 2. The Balaban J connectivity index is 3.37. The van der Waals surface area contributed by atoms with E-state index in [0.29, 0.717) is 5.69 Å². The second-order valence-electron chi connectivity index (χ2n) is 2.60. The number of rotatable bonds is 1. The zero-order valence-corrected chi connectivity index (χ0v) is 7.01. The third-order valence-corrected chi connectivity index (χ3v) is 1.59. The summed E-state index contributed by atoms with van der Waals surface area (Å²) >= 11 is 0. The molecule has 0 spiro atoms. The highest BCUT2D eigenvalue weighted by Crippen LogP contribution is 1.91. The first-order valence-corrected chi connectivity index (χ1v) is 3.50. The van der Waals surface area contributed by atoms with E-state index in [2.05, 4.69) is 5.32 Å². The zero-order chi connectivity index (χ0) is 8.43. The molecule has 11 heavy (non-hydrogen) atoms. The summed E-state index contributed by atoms with van der Waals surface area (Å²) in [6, 6.07) is 1.84. The van der Waals surface area contributed by atoms with Gasteiger partial charge in [-0.3, -0.25) is 4.79 Å². The van der Waals surface area contributed by atoms with Gasteiger partial charge in [0.2, 0.25) is 0 Å². The maximum Gasteiger partial charge on any atom is 0.273 e. The third-order valence-electron chi connectivity index (χ3n) is 1.59. The number of nitrogens with zero attached hydrogens (tertiary/aromatic N) is 1. The van der Waals surface area contributed by atoms with Gasteiger partial charge >= 0.3 is 0 Å². The molecular formula is C7H11BN2O. The second-order valence-corrected chi connectivity index (χ2v) is 2.60. The van der Waals surface area contributed by atoms with Crippen molar-refractivity contribution < 1.29 is 0 Å². The molecular weight excluding hydrogens is 139 g/mol. The van der Waals surface area contributed by atoms with E-state index in [4.69, 9.17) is 0 Å². The smallest absolute Gasteiger partial charge is 0.273 e. The van der Waals surface area contributed by atoms with Gasteiger partial charge in [0.15, 0.2) is 0 Å². The lowest BCUT2D eigenvalue weighted by Crippen LogP contribution is -2.24. The van der Waals surface area contributed by atoms with E-state index in [1.165, 1.54) is 0 Å². The van der Waals surface area contributed by atoms with Crippen LogP contribution in [-0.4, -0.2) is 19.5 Å². The topological polar surface area (TPSA) is 34.0 Å². The average Bonchev–Trinajstić information content (AvgIpc) is 1.96. The first-order valence-electron chi connectivity index (χ1n) is 3.50. The Bertz CT molecular complexity index is 319. The molecule has 0 radical (unpaired) electrons. The van der Waals surface area contributed by atoms with Crippen LogP contribution in [0.15, 0.2) is 17.1 Å². The van der Waals surface area contributed by atoms with Crippen LogP contribution in [0.5, 0.6) is 0 Å². The van der Waals surface area contributed by atoms with E-state index in [1.54, 1.807) is 18.7 Å². The van der Waals surface area contributed by atoms with Crippen LogP contribution in [0.3, 0.4) is 0 Å². The fourth-order valence-electron chi connectivity index (χ4n) is 1.06. The van der Waals surface area contributed by atoms with Gasteiger partial charge in [0, 0.05) is 20.3 Å². The summed E-state index contributed by atoms with van der Waals surface area (Å²) in [7, 11) is 5.45. The molecule has 0 atom stereocenters. The van der Waals surface area contributed by atoms with Crippen LogP contribution in [0.1, 0.15) is 0 Å². The van der Waals surface area contributed by atoms with Crippen LogP contribution in [0, 0.1) is 0 Å². The molecule has 0 aliphatic heterocycles. The van der Waals surface area contributed by atoms with Crippen molar-refractivity contribution in [3.63, 3.8) is 0 Å². The fraction of sp³-hybridized carbons (Fsp3) is 0.286. The molecule has 0 saturated carbocycles. The van der Waals surface area contributed by atoms with Crippen LogP contribution >= 0.6 is 0 Å². The highest BCUT2D eigenvalue weighted by atomic mass is 16.1. The quantitative estimate of drug-likeness (QED) is 0.504. The molecule has 0 saturated heterocycles. The molecule has 1 rings (SSSR count). The molecule has 1 heterocycles. The Hall–Kier alpha value is -1.19. The van der Waals surface area contributed by atoms with Crippen LogP contribution in [0.4, 0.5) is 5.69 Å². The Morgan fingerprint density at radius 1 is 1.64 bits per heavy atom. The molecule has 0 bridgehead atoms. The SMILES string of the molecule is Bc1cc(NC)c(=O)n(C)c1. The lowest BCUT2D eigenvalue weighted by molar-refractivity contribution is 0.868. The van der Waals surface area contributed by atoms with Gasteiger partial charge in [0.05, 0.1) is 5.69 Å². The van der Waals surface area contributed by atoms with Gasteiger partial charge in [-0.1, -0.05) is 5.46 Å². The van der Waals surface area contributed by atoms with Crippen molar-refractivity contribution in [2.24, 2.45) is 7.05 Å². The van der Waals surface area contributed by atoms with E-state index in [0.717, 1.165) is 5.46 Å². The molecule has 0 aliphatic carbocycles. The predicted molar refractivity (Wildman–Crippen MR) is 49.4 cm³/mol.